The van der Waals surface area contributed by atoms with Gasteiger partial charge in [-0.1, -0.05) is 45.0 Å². The molecule has 0 aliphatic heterocycles. The summed E-state index contributed by atoms with van der Waals surface area (Å²) < 4.78 is 0.272. The number of aromatic nitrogens is 1. The van der Waals surface area contributed by atoms with Gasteiger partial charge in [-0.15, -0.1) is 0 Å². The first-order valence-electron chi connectivity index (χ1n) is 6.68. The van der Waals surface area contributed by atoms with E-state index in [9.17, 15) is 0 Å². The molecular weight excluding hydrogens is 252 g/mol. The van der Waals surface area contributed by atoms with Crippen molar-refractivity contribution >= 4 is 22.7 Å². The van der Waals surface area contributed by atoms with Crippen molar-refractivity contribution in [1.82, 2.24) is 4.98 Å². The number of benzene rings is 1. The predicted octanol–water partition coefficient (Wildman–Crippen LogP) is 3.64. The van der Waals surface area contributed by atoms with Crippen LogP contribution in [0.2, 0.25) is 0 Å². The van der Waals surface area contributed by atoms with Crippen LogP contribution < -0.4 is 5.73 Å². The van der Waals surface area contributed by atoms with E-state index >= 15 is 0 Å². The first kappa shape index (κ1) is 14.4. The molecule has 0 bridgehead atoms. The Balaban J connectivity index is 2.00. The van der Waals surface area contributed by atoms with E-state index in [1.165, 1.54) is 5.39 Å². The van der Waals surface area contributed by atoms with Crippen molar-refractivity contribution in [3.05, 3.63) is 42.1 Å². The molecule has 1 aromatic carbocycles. The van der Waals surface area contributed by atoms with Gasteiger partial charge in [0.25, 0.3) is 0 Å². The summed E-state index contributed by atoms with van der Waals surface area (Å²) in [6, 6.07) is 12.6. The molecular formula is C16H22N2S. The molecule has 1 heterocycles. The highest BCUT2D eigenvalue weighted by Crippen LogP contribution is 2.24. The van der Waals surface area contributed by atoms with E-state index in [4.69, 9.17) is 5.73 Å². The number of fused-ring (bicyclic) bond motifs is 1. The van der Waals surface area contributed by atoms with Crippen LogP contribution in [0.3, 0.4) is 0 Å². The molecule has 102 valence electrons. The summed E-state index contributed by atoms with van der Waals surface area (Å²) in [6.45, 7) is 6.66. The molecule has 1 unspecified atom stereocenters. The maximum atomic E-state index is 6.20. The zero-order chi connectivity index (χ0) is 13.9. The highest BCUT2D eigenvalue weighted by molar-refractivity contribution is 8.00. The van der Waals surface area contributed by atoms with Crippen LogP contribution in [0.25, 0.3) is 10.9 Å². The van der Waals surface area contributed by atoms with Crippen molar-refractivity contribution in [3.63, 3.8) is 0 Å². The van der Waals surface area contributed by atoms with Crippen LogP contribution in [0.15, 0.2) is 36.4 Å². The Hall–Kier alpha value is -1.06. The third-order valence-corrected chi connectivity index (χ3v) is 4.32. The molecule has 2 N–H and O–H groups in total. The molecule has 0 saturated carbocycles. The zero-order valence-electron chi connectivity index (χ0n) is 11.9. The van der Waals surface area contributed by atoms with Crippen molar-refractivity contribution in [2.45, 2.75) is 38.0 Å². The molecule has 1 atom stereocenters. The summed E-state index contributed by atoms with van der Waals surface area (Å²) in [6.07, 6.45) is 0.841. The van der Waals surface area contributed by atoms with Crippen LogP contribution in [0.1, 0.15) is 26.5 Å². The van der Waals surface area contributed by atoms with E-state index in [1.54, 1.807) is 0 Å². The minimum atomic E-state index is 0.165. The van der Waals surface area contributed by atoms with Gasteiger partial charge in [0.1, 0.15) is 0 Å². The average molecular weight is 274 g/mol. The summed E-state index contributed by atoms with van der Waals surface area (Å²) >= 11 is 1.91. The molecule has 2 aromatic rings. The van der Waals surface area contributed by atoms with Crippen molar-refractivity contribution < 1.29 is 0 Å². The van der Waals surface area contributed by atoms with Gasteiger partial charge in [-0.25, -0.2) is 0 Å². The maximum absolute atomic E-state index is 6.20. The third-order valence-electron chi connectivity index (χ3n) is 2.86. The molecule has 0 aliphatic rings. The SMILES string of the molecule is CC(C)(C)SCC(N)Cc1ccc2ccccc2n1. The molecule has 1 aromatic heterocycles. The second-order valence-electron chi connectivity index (χ2n) is 5.88. The van der Waals surface area contributed by atoms with Crippen molar-refractivity contribution in [3.8, 4) is 0 Å². The normalized spacial score (nSPS) is 13.7. The van der Waals surface area contributed by atoms with Gasteiger partial charge in [-0.3, -0.25) is 4.98 Å². The summed E-state index contributed by atoms with van der Waals surface area (Å²) in [5, 5.41) is 1.18. The summed E-state index contributed by atoms with van der Waals surface area (Å²) in [5.41, 5.74) is 8.33. The molecule has 0 saturated heterocycles. The van der Waals surface area contributed by atoms with Gasteiger partial charge in [-0.2, -0.15) is 11.8 Å². The van der Waals surface area contributed by atoms with Crippen LogP contribution in [0.5, 0.6) is 0 Å². The third kappa shape index (κ3) is 4.51. The number of hydrogen-bond donors (Lipinski definition) is 1. The van der Waals surface area contributed by atoms with E-state index < -0.39 is 0 Å². The molecule has 0 radical (unpaired) electrons. The lowest BCUT2D eigenvalue weighted by Crippen LogP contribution is -2.28. The van der Waals surface area contributed by atoms with Crippen LogP contribution >= 0.6 is 11.8 Å². The van der Waals surface area contributed by atoms with Crippen LogP contribution in [0, 0.1) is 0 Å². The number of para-hydroxylation sites is 1. The lowest BCUT2D eigenvalue weighted by Gasteiger charge is -2.20. The largest absolute Gasteiger partial charge is 0.327 e. The predicted molar refractivity (Wildman–Crippen MR) is 85.6 cm³/mol. The molecule has 0 fully saturated rings. The van der Waals surface area contributed by atoms with Gasteiger partial charge in [-0.05, 0) is 12.1 Å². The molecule has 3 heteroatoms. The van der Waals surface area contributed by atoms with E-state index in [2.05, 4.69) is 44.0 Å². The summed E-state index contributed by atoms with van der Waals surface area (Å²) in [4.78, 5) is 4.67. The lowest BCUT2D eigenvalue weighted by molar-refractivity contribution is 0.723. The fourth-order valence-electron chi connectivity index (χ4n) is 1.91. The van der Waals surface area contributed by atoms with Gasteiger partial charge in [0, 0.05) is 34.0 Å². The van der Waals surface area contributed by atoms with Crippen LogP contribution in [-0.4, -0.2) is 21.5 Å². The Morgan fingerprint density at radius 1 is 1.16 bits per heavy atom. The average Bonchev–Trinajstić information content (AvgIpc) is 2.35. The Morgan fingerprint density at radius 3 is 2.63 bits per heavy atom. The minimum absolute atomic E-state index is 0.165. The number of thioether (sulfide) groups is 1. The molecule has 2 rings (SSSR count). The van der Waals surface area contributed by atoms with E-state index in [0.717, 1.165) is 23.4 Å². The highest BCUT2D eigenvalue weighted by Gasteiger charge is 2.14. The summed E-state index contributed by atoms with van der Waals surface area (Å²) in [7, 11) is 0. The number of nitrogens with zero attached hydrogens (tertiary/aromatic N) is 1. The Kier molecular flexibility index (Phi) is 4.48. The Morgan fingerprint density at radius 2 is 1.89 bits per heavy atom. The van der Waals surface area contributed by atoms with Gasteiger partial charge in [0.15, 0.2) is 0 Å². The topological polar surface area (TPSA) is 38.9 Å². The number of pyridine rings is 1. The Bertz CT molecular complexity index is 546. The first-order valence-corrected chi connectivity index (χ1v) is 7.67. The zero-order valence-corrected chi connectivity index (χ0v) is 12.7. The lowest BCUT2D eigenvalue weighted by atomic mass is 10.1. The first-order chi connectivity index (χ1) is 8.94. The second kappa shape index (κ2) is 5.93. The van der Waals surface area contributed by atoms with E-state index in [-0.39, 0.29) is 10.8 Å². The fourth-order valence-corrected chi connectivity index (χ4v) is 2.74. The Labute approximate surface area is 119 Å². The van der Waals surface area contributed by atoms with Crippen molar-refractivity contribution in [2.24, 2.45) is 5.73 Å². The van der Waals surface area contributed by atoms with Gasteiger partial charge in [0.2, 0.25) is 0 Å². The quantitative estimate of drug-likeness (QED) is 0.925. The molecule has 0 amide bonds. The van der Waals surface area contributed by atoms with Gasteiger partial charge < -0.3 is 5.73 Å². The van der Waals surface area contributed by atoms with Crippen LogP contribution in [-0.2, 0) is 6.42 Å². The van der Waals surface area contributed by atoms with Gasteiger partial charge in [0.05, 0.1) is 5.52 Å². The van der Waals surface area contributed by atoms with Gasteiger partial charge >= 0.3 is 0 Å². The standard InChI is InChI=1S/C16H22N2S/c1-16(2,3)19-11-13(17)10-14-9-8-12-6-4-5-7-15(12)18-14/h4-9,13H,10-11,17H2,1-3H3. The molecule has 0 aliphatic carbocycles. The second-order valence-corrected chi connectivity index (χ2v) is 7.73. The number of rotatable bonds is 4. The van der Waals surface area contributed by atoms with E-state index in [1.807, 2.05) is 30.0 Å². The monoisotopic (exact) mass is 274 g/mol. The minimum Gasteiger partial charge on any atom is -0.327 e. The smallest absolute Gasteiger partial charge is 0.0705 e. The number of nitrogens with two attached hydrogens (primary N) is 1. The van der Waals surface area contributed by atoms with E-state index in [0.29, 0.717) is 0 Å². The molecule has 19 heavy (non-hydrogen) atoms. The molecule has 0 spiro atoms. The summed E-state index contributed by atoms with van der Waals surface area (Å²) in [5.74, 6) is 0.970. The van der Waals surface area contributed by atoms with Crippen molar-refractivity contribution in [1.29, 1.82) is 0 Å². The van der Waals surface area contributed by atoms with Crippen LogP contribution in [0.4, 0.5) is 0 Å². The highest BCUT2D eigenvalue weighted by atomic mass is 32.2. The number of hydrogen-bond acceptors (Lipinski definition) is 3. The maximum Gasteiger partial charge on any atom is 0.0705 e. The fraction of sp³-hybridized carbons (Fsp3) is 0.438. The molecule has 2 nitrogen and oxygen atoms in total. The van der Waals surface area contributed by atoms with Crippen molar-refractivity contribution in [2.75, 3.05) is 5.75 Å².